The van der Waals surface area contributed by atoms with Gasteiger partial charge in [0.2, 0.25) is 21.7 Å². The minimum absolute atomic E-state index is 0.0223. The Bertz CT molecular complexity index is 1130. The summed E-state index contributed by atoms with van der Waals surface area (Å²) in [5.74, 6) is 1.17. The summed E-state index contributed by atoms with van der Waals surface area (Å²) in [6, 6.07) is 7.95. The average Bonchev–Trinajstić information content (AvgIpc) is 2.84. The van der Waals surface area contributed by atoms with Crippen LogP contribution >= 0.6 is 23.2 Å². The van der Waals surface area contributed by atoms with Crippen molar-refractivity contribution in [2.45, 2.75) is 24.3 Å². The van der Waals surface area contributed by atoms with Crippen molar-refractivity contribution in [1.82, 2.24) is 9.21 Å². The second kappa shape index (κ2) is 11.0. The Hall–Kier alpha value is -2.20. The molecule has 0 N–H and O–H groups in total. The lowest BCUT2D eigenvalue weighted by atomic mass is 9.96. The fourth-order valence-electron chi connectivity index (χ4n) is 4.05. The van der Waals surface area contributed by atoms with Gasteiger partial charge in [0.25, 0.3) is 0 Å². The predicted octanol–water partition coefficient (Wildman–Crippen LogP) is 4.08. The van der Waals surface area contributed by atoms with Gasteiger partial charge in [-0.3, -0.25) is 4.79 Å². The first-order valence-electron chi connectivity index (χ1n) is 10.6. The van der Waals surface area contributed by atoms with Gasteiger partial charge in [-0.2, -0.15) is 4.31 Å². The van der Waals surface area contributed by atoms with Crippen LogP contribution in [0.1, 0.15) is 18.4 Å². The Morgan fingerprint density at radius 2 is 1.62 bits per heavy atom. The van der Waals surface area contributed by atoms with Crippen molar-refractivity contribution in [3.8, 4) is 17.2 Å². The molecule has 8 nitrogen and oxygen atoms in total. The number of hydrogen-bond donors (Lipinski definition) is 0. The molecular weight excluding hydrogens is 503 g/mol. The van der Waals surface area contributed by atoms with Crippen molar-refractivity contribution < 1.29 is 27.4 Å². The zero-order valence-corrected chi connectivity index (χ0v) is 21.8. The van der Waals surface area contributed by atoms with Crippen LogP contribution in [0.3, 0.4) is 0 Å². The van der Waals surface area contributed by atoms with Crippen LogP contribution in [0.4, 0.5) is 0 Å². The molecule has 1 aliphatic rings. The lowest BCUT2D eigenvalue weighted by Gasteiger charge is -2.32. The van der Waals surface area contributed by atoms with Crippen LogP contribution in [0, 0.1) is 5.92 Å². The maximum Gasteiger partial charge on any atom is 0.244 e. The molecule has 0 unspecified atom stereocenters. The number of nitrogens with zero attached hydrogens (tertiary/aromatic N) is 2. The number of ether oxygens (including phenoxy) is 3. The number of amides is 1. The van der Waals surface area contributed by atoms with Crippen LogP contribution < -0.4 is 14.2 Å². The van der Waals surface area contributed by atoms with Gasteiger partial charge in [-0.1, -0.05) is 23.2 Å². The van der Waals surface area contributed by atoms with Gasteiger partial charge in [-0.25, -0.2) is 8.42 Å². The van der Waals surface area contributed by atoms with E-state index in [1.807, 2.05) is 0 Å². The molecule has 0 radical (unpaired) electrons. The van der Waals surface area contributed by atoms with E-state index in [0.29, 0.717) is 41.7 Å². The van der Waals surface area contributed by atoms with Gasteiger partial charge in [-0.15, -0.1) is 0 Å². The van der Waals surface area contributed by atoms with E-state index in [4.69, 9.17) is 37.4 Å². The molecule has 186 valence electrons. The van der Waals surface area contributed by atoms with Crippen LogP contribution in [0.25, 0.3) is 0 Å². The minimum Gasteiger partial charge on any atom is -0.493 e. The van der Waals surface area contributed by atoms with Gasteiger partial charge < -0.3 is 19.1 Å². The monoisotopic (exact) mass is 530 g/mol. The summed E-state index contributed by atoms with van der Waals surface area (Å²) in [5, 5.41) is 0.411. The standard InChI is InChI=1S/C23H28Cl2N2O6S/c1-26(14-15-11-19(31-2)22(33-4)20(12-15)32-3)23(28)16-7-9-27(10-8-16)34(29,30)21-13-17(24)5-6-18(21)25/h5-6,11-13,16H,7-10,14H2,1-4H3. The Balaban J connectivity index is 1.67. The number of carbonyl (C=O) groups is 1. The van der Waals surface area contributed by atoms with Crippen LogP contribution in [0.5, 0.6) is 17.2 Å². The van der Waals surface area contributed by atoms with Gasteiger partial charge >= 0.3 is 0 Å². The summed E-state index contributed by atoms with van der Waals surface area (Å²) in [6.07, 6.45) is 0.825. The molecule has 2 aromatic carbocycles. The Labute approximate surface area is 210 Å². The van der Waals surface area contributed by atoms with Crippen molar-refractivity contribution in [2.75, 3.05) is 41.5 Å². The SMILES string of the molecule is COc1cc(CN(C)C(=O)C2CCN(S(=O)(=O)c3cc(Cl)ccc3Cl)CC2)cc(OC)c1OC. The molecule has 0 aliphatic carbocycles. The van der Waals surface area contributed by atoms with E-state index in [2.05, 4.69) is 0 Å². The molecular formula is C23H28Cl2N2O6S. The molecule has 0 atom stereocenters. The highest BCUT2D eigenvalue weighted by Crippen LogP contribution is 2.38. The number of halogens is 2. The normalized spacial score (nSPS) is 15.1. The number of rotatable bonds is 8. The van der Waals surface area contributed by atoms with Gasteiger partial charge in [0, 0.05) is 37.6 Å². The number of methoxy groups -OCH3 is 3. The Morgan fingerprint density at radius 3 is 2.15 bits per heavy atom. The maximum atomic E-state index is 13.1. The second-order valence-electron chi connectivity index (χ2n) is 7.98. The molecule has 34 heavy (non-hydrogen) atoms. The van der Waals surface area contributed by atoms with Gasteiger partial charge in [0.15, 0.2) is 11.5 Å². The van der Waals surface area contributed by atoms with E-state index in [1.165, 1.54) is 43.8 Å². The lowest BCUT2D eigenvalue weighted by molar-refractivity contribution is -0.135. The van der Waals surface area contributed by atoms with Crippen LogP contribution in [0.15, 0.2) is 35.2 Å². The third-order valence-electron chi connectivity index (χ3n) is 5.83. The highest BCUT2D eigenvalue weighted by atomic mass is 35.5. The minimum atomic E-state index is -3.80. The lowest BCUT2D eigenvalue weighted by Crippen LogP contribution is -2.43. The van der Waals surface area contributed by atoms with Crippen molar-refractivity contribution in [2.24, 2.45) is 5.92 Å². The van der Waals surface area contributed by atoms with Gasteiger partial charge in [-0.05, 0) is 48.7 Å². The van der Waals surface area contributed by atoms with E-state index >= 15 is 0 Å². The van der Waals surface area contributed by atoms with E-state index in [1.54, 1.807) is 24.1 Å². The largest absolute Gasteiger partial charge is 0.493 e. The first-order chi connectivity index (χ1) is 16.1. The fraction of sp³-hybridized carbons (Fsp3) is 0.435. The van der Waals surface area contributed by atoms with Crippen LogP contribution in [-0.2, 0) is 21.4 Å². The summed E-state index contributed by atoms with van der Waals surface area (Å²) < 4.78 is 43.5. The molecule has 1 heterocycles. The number of sulfonamides is 1. The zero-order chi connectivity index (χ0) is 25.0. The summed E-state index contributed by atoms with van der Waals surface area (Å²) in [5.41, 5.74) is 0.820. The molecule has 0 saturated carbocycles. The van der Waals surface area contributed by atoms with Crippen molar-refractivity contribution in [3.63, 3.8) is 0 Å². The first-order valence-corrected chi connectivity index (χ1v) is 12.8. The Kier molecular flexibility index (Phi) is 8.57. The summed E-state index contributed by atoms with van der Waals surface area (Å²) in [7, 11) is 2.52. The zero-order valence-electron chi connectivity index (χ0n) is 19.5. The van der Waals surface area contributed by atoms with Crippen LogP contribution in [-0.4, -0.2) is 65.0 Å². The molecule has 1 aliphatic heterocycles. The quantitative estimate of drug-likeness (QED) is 0.511. The van der Waals surface area contributed by atoms with E-state index in [9.17, 15) is 13.2 Å². The smallest absolute Gasteiger partial charge is 0.244 e. The molecule has 0 aromatic heterocycles. The molecule has 1 fully saturated rings. The molecule has 11 heteroatoms. The Morgan fingerprint density at radius 1 is 1.03 bits per heavy atom. The number of hydrogen-bond acceptors (Lipinski definition) is 6. The molecule has 0 spiro atoms. The van der Waals surface area contributed by atoms with E-state index in [-0.39, 0.29) is 34.8 Å². The molecule has 2 aromatic rings. The number of benzene rings is 2. The highest BCUT2D eigenvalue weighted by Gasteiger charge is 2.34. The van der Waals surface area contributed by atoms with E-state index < -0.39 is 10.0 Å². The molecule has 1 saturated heterocycles. The molecule has 3 rings (SSSR count). The topological polar surface area (TPSA) is 85.4 Å². The number of carbonyl (C=O) groups excluding carboxylic acids is 1. The number of piperidine rings is 1. The van der Waals surface area contributed by atoms with Crippen molar-refractivity contribution in [3.05, 3.63) is 45.9 Å². The first kappa shape index (κ1) is 26.4. The summed E-state index contributed by atoms with van der Waals surface area (Å²) >= 11 is 12.1. The maximum absolute atomic E-state index is 13.1. The predicted molar refractivity (Wildman–Crippen MR) is 131 cm³/mol. The van der Waals surface area contributed by atoms with Crippen LogP contribution in [0.2, 0.25) is 10.0 Å². The summed E-state index contributed by atoms with van der Waals surface area (Å²) in [6.45, 7) is 0.783. The molecule has 0 bridgehead atoms. The fourth-order valence-corrected chi connectivity index (χ4v) is 6.25. The van der Waals surface area contributed by atoms with Gasteiger partial charge in [0.05, 0.1) is 26.4 Å². The third-order valence-corrected chi connectivity index (χ3v) is 8.45. The van der Waals surface area contributed by atoms with E-state index in [0.717, 1.165) is 5.56 Å². The third kappa shape index (κ3) is 5.54. The van der Waals surface area contributed by atoms with Crippen molar-refractivity contribution >= 4 is 39.1 Å². The molecule has 1 amide bonds. The van der Waals surface area contributed by atoms with Gasteiger partial charge in [0.1, 0.15) is 4.90 Å². The summed E-state index contributed by atoms with van der Waals surface area (Å²) in [4.78, 5) is 14.7. The second-order valence-corrected chi connectivity index (χ2v) is 10.7. The highest BCUT2D eigenvalue weighted by molar-refractivity contribution is 7.89. The average molecular weight is 531 g/mol. The van der Waals surface area contributed by atoms with Crippen molar-refractivity contribution in [1.29, 1.82) is 0 Å².